The van der Waals surface area contributed by atoms with Crippen LogP contribution in [0.2, 0.25) is 5.02 Å². The molecule has 27 heavy (non-hydrogen) atoms. The quantitative estimate of drug-likeness (QED) is 0.708. The van der Waals surface area contributed by atoms with Gasteiger partial charge in [0.15, 0.2) is 0 Å². The summed E-state index contributed by atoms with van der Waals surface area (Å²) in [6.45, 7) is -0.0522. The highest BCUT2D eigenvalue weighted by Crippen LogP contribution is 2.20. The molecule has 0 aromatic heterocycles. The number of carbonyl (C=O) groups excluding carboxylic acids is 3. The van der Waals surface area contributed by atoms with Gasteiger partial charge < -0.3 is 10.6 Å². The van der Waals surface area contributed by atoms with Crippen LogP contribution in [0.3, 0.4) is 0 Å². The molecule has 0 aliphatic carbocycles. The second-order valence-electron chi connectivity index (χ2n) is 5.85. The zero-order valence-corrected chi connectivity index (χ0v) is 15.8. The van der Waals surface area contributed by atoms with E-state index in [4.69, 9.17) is 11.6 Å². The van der Waals surface area contributed by atoms with Gasteiger partial charge in [-0.1, -0.05) is 41.9 Å². The summed E-state index contributed by atoms with van der Waals surface area (Å²) in [6.07, 6.45) is 0. The average Bonchev–Trinajstić information content (AvgIpc) is 2.64. The first-order chi connectivity index (χ1) is 12.9. The summed E-state index contributed by atoms with van der Waals surface area (Å²) in [5, 5.41) is 7.92. The highest BCUT2D eigenvalue weighted by Gasteiger charge is 2.27. The molecule has 142 valence electrons. The molecule has 0 saturated carbocycles. The summed E-state index contributed by atoms with van der Waals surface area (Å²) in [5.41, 5.74) is 1.27. The first-order valence-electron chi connectivity index (χ1n) is 8.24. The van der Waals surface area contributed by atoms with Gasteiger partial charge in [-0.05, 0) is 36.9 Å². The normalized spacial score (nSPS) is 11.6. The topological polar surface area (TPSA) is 90.5 Å². The van der Waals surface area contributed by atoms with Crippen LogP contribution in [-0.2, 0) is 9.59 Å². The van der Waals surface area contributed by atoms with E-state index in [0.29, 0.717) is 16.3 Å². The molecule has 3 N–H and O–H groups in total. The molecule has 2 rings (SSSR count). The Balaban J connectivity index is 2.11. The van der Waals surface area contributed by atoms with E-state index in [9.17, 15) is 14.4 Å². The number of halogens is 1. The van der Waals surface area contributed by atoms with E-state index in [0.717, 1.165) is 0 Å². The van der Waals surface area contributed by atoms with Crippen molar-refractivity contribution in [2.75, 3.05) is 26.0 Å². The number of nitrogens with zero attached hydrogens (tertiary/aromatic N) is 1. The fourth-order valence-corrected chi connectivity index (χ4v) is 2.66. The van der Waals surface area contributed by atoms with Crippen LogP contribution in [0, 0.1) is 0 Å². The van der Waals surface area contributed by atoms with Crippen LogP contribution in [0.15, 0.2) is 54.6 Å². The molecule has 0 heterocycles. The molecule has 0 aliphatic rings. The van der Waals surface area contributed by atoms with Gasteiger partial charge in [0, 0.05) is 17.8 Å². The van der Waals surface area contributed by atoms with E-state index < -0.39 is 18.0 Å². The van der Waals surface area contributed by atoms with Crippen LogP contribution >= 0.6 is 11.6 Å². The van der Waals surface area contributed by atoms with Crippen LogP contribution in [0.25, 0.3) is 0 Å². The van der Waals surface area contributed by atoms with Crippen LogP contribution < -0.4 is 16.0 Å². The summed E-state index contributed by atoms with van der Waals surface area (Å²) in [5.74, 6) is -0.823. The van der Waals surface area contributed by atoms with E-state index in [-0.39, 0.29) is 12.5 Å². The van der Waals surface area contributed by atoms with Crippen LogP contribution in [-0.4, -0.2) is 43.4 Å². The molecule has 0 spiro atoms. The maximum absolute atomic E-state index is 12.6. The SMILES string of the molecule is CNC(=O)NC(=O)[C@H](c1ccccc1)N(C)CC(=O)Nc1ccc(Cl)cc1. The van der Waals surface area contributed by atoms with Crippen molar-refractivity contribution in [1.29, 1.82) is 0 Å². The zero-order chi connectivity index (χ0) is 19.8. The molecule has 2 aromatic carbocycles. The number of hydrogen-bond donors (Lipinski definition) is 3. The van der Waals surface area contributed by atoms with E-state index >= 15 is 0 Å². The van der Waals surface area contributed by atoms with Crippen LogP contribution in [0.4, 0.5) is 10.5 Å². The molecular formula is C19H21ClN4O3. The predicted molar refractivity (Wildman–Crippen MR) is 104 cm³/mol. The van der Waals surface area contributed by atoms with Gasteiger partial charge in [0.25, 0.3) is 0 Å². The molecule has 0 bridgehead atoms. The van der Waals surface area contributed by atoms with Crippen molar-refractivity contribution in [2.24, 2.45) is 0 Å². The molecule has 7 nitrogen and oxygen atoms in total. The first-order valence-corrected chi connectivity index (χ1v) is 8.61. The van der Waals surface area contributed by atoms with Crippen molar-refractivity contribution in [3.63, 3.8) is 0 Å². The maximum Gasteiger partial charge on any atom is 0.321 e. The number of amides is 4. The third-order valence-corrected chi connectivity index (χ3v) is 4.04. The lowest BCUT2D eigenvalue weighted by Crippen LogP contribution is -2.46. The largest absolute Gasteiger partial charge is 0.341 e. The minimum atomic E-state index is -0.806. The Hall–Kier alpha value is -2.90. The van der Waals surface area contributed by atoms with Crippen molar-refractivity contribution in [3.05, 3.63) is 65.2 Å². The molecular weight excluding hydrogens is 368 g/mol. The number of imide groups is 1. The zero-order valence-electron chi connectivity index (χ0n) is 15.0. The second kappa shape index (κ2) is 9.70. The highest BCUT2D eigenvalue weighted by molar-refractivity contribution is 6.30. The lowest BCUT2D eigenvalue weighted by atomic mass is 10.0. The summed E-state index contributed by atoms with van der Waals surface area (Å²) in [6, 6.07) is 14.2. The van der Waals surface area contributed by atoms with Gasteiger partial charge in [-0.25, -0.2) is 4.79 Å². The Bertz CT molecular complexity index is 796. The minimum Gasteiger partial charge on any atom is -0.341 e. The minimum absolute atomic E-state index is 0.0522. The summed E-state index contributed by atoms with van der Waals surface area (Å²) >= 11 is 5.83. The number of carbonyl (C=O) groups is 3. The molecule has 0 radical (unpaired) electrons. The fraction of sp³-hybridized carbons (Fsp3) is 0.211. The number of urea groups is 1. The third-order valence-electron chi connectivity index (χ3n) is 3.79. The Morgan fingerprint density at radius 3 is 2.26 bits per heavy atom. The van der Waals surface area contributed by atoms with Gasteiger partial charge >= 0.3 is 6.03 Å². The predicted octanol–water partition coefficient (Wildman–Crippen LogP) is 2.41. The van der Waals surface area contributed by atoms with Crippen molar-refractivity contribution in [3.8, 4) is 0 Å². The van der Waals surface area contributed by atoms with Gasteiger partial charge in [0.05, 0.1) is 6.54 Å². The Labute approximate surface area is 162 Å². The molecule has 8 heteroatoms. The molecule has 0 aliphatic heterocycles. The first kappa shape index (κ1) is 20.4. The van der Waals surface area contributed by atoms with Crippen LogP contribution in [0.1, 0.15) is 11.6 Å². The molecule has 0 unspecified atom stereocenters. The second-order valence-corrected chi connectivity index (χ2v) is 6.29. The standard InChI is InChI=1S/C19H21ClN4O3/c1-21-19(27)23-18(26)17(13-6-4-3-5-7-13)24(2)12-16(25)22-15-10-8-14(20)9-11-15/h3-11,17H,12H2,1-2H3,(H,22,25)(H2,21,23,26,27)/t17-/m0/s1. The molecule has 1 atom stereocenters. The van der Waals surface area contributed by atoms with Crippen molar-refractivity contribution in [1.82, 2.24) is 15.5 Å². The molecule has 2 aromatic rings. The summed E-state index contributed by atoms with van der Waals surface area (Å²) in [4.78, 5) is 38.0. The summed E-state index contributed by atoms with van der Waals surface area (Å²) in [7, 11) is 3.06. The monoisotopic (exact) mass is 388 g/mol. The Kier molecular flexibility index (Phi) is 7.34. The number of rotatable bonds is 6. The number of anilines is 1. The Morgan fingerprint density at radius 2 is 1.67 bits per heavy atom. The number of nitrogens with one attached hydrogen (secondary N) is 3. The molecule has 0 fully saturated rings. The highest BCUT2D eigenvalue weighted by atomic mass is 35.5. The van der Waals surface area contributed by atoms with Crippen molar-refractivity contribution >= 4 is 35.1 Å². The maximum atomic E-state index is 12.6. The summed E-state index contributed by atoms with van der Waals surface area (Å²) < 4.78 is 0. The lowest BCUT2D eigenvalue weighted by Gasteiger charge is -2.26. The van der Waals surface area contributed by atoms with E-state index in [1.54, 1.807) is 60.5 Å². The van der Waals surface area contributed by atoms with E-state index in [2.05, 4.69) is 16.0 Å². The van der Waals surface area contributed by atoms with E-state index in [1.807, 2.05) is 6.07 Å². The fourth-order valence-electron chi connectivity index (χ4n) is 2.54. The number of likely N-dealkylation sites (N-methyl/N-ethyl adjacent to an activating group) is 1. The van der Waals surface area contributed by atoms with Gasteiger partial charge in [-0.15, -0.1) is 0 Å². The van der Waals surface area contributed by atoms with E-state index in [1.165, 1.54) is 7.05 Å². The number of benzene rings is 2. The average molecular weight is 389 g/mol. The molecule has 4 amide bonds. The lowest BCUT2D eigenvalue weighted by molar-refractivity contribution is -0.126. The van der Waals surface area contributed by atoms with Crippen LogP contribution in [0.5, 0.6) is 0 Å². The van der Waals surface area contributed by atoms with Gasteiger partial charge in [-0.2, -0.15) is 0 Å². The molecule has 0 saturated heterocycles. The van der Waals surface area contributed by atoms with Gasteiger partial charge in [-0.3, -0.25) is 19.8 Å². The van der Waals surface area contributed by atoms with Gasteiger partial charge in [0.2, 0.25) is 11.8 Å². The number of hydrogen-bond acceptors (Lipinski definition) is 4. The third kappa shape index (κ3) is 6.09. The van der Waals surface area contributed by atoms with Crippen molar-refractivity contribution < 1.29 is 14.4 Å². The Morgan fingerprint density at radius 1 is 1.04 bits per heavy atom. The smallest absolute Gasteiger partial charge is 0.321 e. The van der Waals surface area contributed by atoms with Gasteiger partial charge in [0.1, 0.15) is 6.04 Å². The van der Waals surface area contributed by atoms with Crippen molar-refractivity contribution in [2.45, 2.75) is 6.04 Å².